The monoisotopic (exact) mass is 973 g/mol. The number of nitrogens with zero attached hydrogens (tertiary/aromatic N) is 2. The molecule has 10 heteroatoms. The molecular weight excluding hydrogens is 897 g/mol. The Hall–Kier alpha value is -6.68. The van der Waals surface area contributed by atoms with Crippen molar-refractivity contribution in [2.75, 3.05) is 26.3 Å². The van der Waals surface area contributed by atoms with Crippen molar-refractivity contribution >= 4 is 11.8 Å². The third kappa shape index (κ3) is 13.4. The van der Waals surface area contributed by atoms with Crippen molar-refractivity contribution in [1.29, 1.82) is 0 Å². The third-order valence-electron chi connectivity index (χ3n) is 13.6. The van der Waals surface area contributed by atoms with Gasteiger partial charge in [0.1, 0.15) is 23.0 Å². The van der Waals surface area contributed by atoms with Crippen molar-refractivity contribution in [2.24, 2.45) is 0 Å². The van der Waals surface area contributed by atoms with Gasteiger partial charge in [0.2, 0.25) is 0 Å². The van der Waals surface area contributed by atoms with Crippen molar-refractivity contribution in [3.05, 3.63) is 175 Å². The molecule has 1 aliphatic rings. The molecule has 10 nitrogen and oxygen atoms in total. The van der Waals surface area contributed by atoms with E-state index in [0.717, 1.165) is 55.9 Å². The Balaban J connectivity index is 1.41. The van der Waals surface area contributed by atoms with Crippen LogP contribution in [0.2, 0.25) is 0 Å². The summed E-state index contributed by atoms with van der Waals surface area (Å²) in [7, 11) is 0. The predicted octanol–water partition coefficient (Wildman–Crippen LogP) is 11.2. The standard InChI is InChI=1S/C62H76N4O6/c1-59(2,3)47-29-39-25-43-33-49(61(7,8)9)35-45(57(43)71-37-53(67)65-23-19-51-17-13-15-21-63-51)27-41-31-48(60(4,5)6)32-42(56(41)70)28-46-36-50(62(10,11)12)34-44(26-40(30-47)55(39)69)58(46)72-38-54(68)66-24-20-52-18-14-16-22-64-52/h13-18,21-22,29-36,69-70H,19-20,23-28,37-38H2,1-12H3,(H,65,67)(H,66,68). The van der Waals surface area contributed by atoms with Crippen LogP contribution in [0.1, 0.15) is 161 Å². The van der Waals surface area contributed by atoms with E-state index in [1.165, 1.54) is 0 Å². The van der Waals surface area contributed by atoms with Crippen LogP contribution in [0.25, 0.3) is 0 Å². The first-order valence-corrected chi connectivity index (χ1v) is 25.5. The predicted molar refractivity (Wildman–Crippen MR) is 288 cm³/mol. The lowest BCUT2D eigenvalue weighted by molar-refractivity contribution is -0.123. The number of hydrogen-bond acceptors (Lipinski definition) is 8. The van der Waals surface area contributed by atoms with Crippen LogP contribution in [0.3, 0.4) is 0 Å². The minimum Gasteiger partial charge on any atom is -0.507 e. The fourth-order valence-corrected chi connectivity index (χ4v) is 9.15. The summed E-state index contributed by atoms with van der Waals surface area (Å²) in [6, 6.07) is 28.4. The summed E-state index contributed by atoms with van der Waals surface area (Å²) in [5.74, 6) is 0.895. The lowest BCUT2D eigenvalue weighted by Gasteiger charge is -2.28. The number of rotatable bonds is 12. The number of phenols is 2. The Morgan fingerprint density at radius 1 is 0.458 bits per heavy atom. The van der Waals surface area contributed by atoms with Gasteiger partial charge in [0.15, 0.2) is 13.2 Å². The van der Waals surface area contributed by atoms with Crippen LogP contribution in [0.15, 0.2) is 97.3 Å². The molecule has 2 aromatic heterocycles. The van der Waals surface area contributed by atoms with E-state index < -0.39 is 0 Å². The van der Waals surface area contributed by atoms with Crippen LogP contribution in [-0.2, 0) is 69.8 Å². The molecule has 8 bridgehead atoms. The number of aromatic hydroxyl groups is 2. The van der Waals surface area contributed by atoms with Crippen molar-refractivity contribution in [3.63, 3.8) is 0 Å². The molecule has 2 heterocycles. The molecule has 4 aromatic carbocycles. The van der Waals surface area contributed by atoms with Crippen LogP contribution in [0, 0.1) is 0 Å². The zero-order valence-corrected chi connectivity index (χ0v) is 44.7. The van der Waals surface area contributed by atoms with Gasteiger partial charge in [-0.3, -0.25) is 19.6 Å². The van der Waals surface area contributed by atoms with Gasteiger partial charge in [-0.05, 0) is 113 Å². The highest BCUT2D eigenvalue weighted by molar-refractivity contribution is 5.78. The number of hydrogen-bond donors (Lipinski definition) is 4. The Morgan fingerprint density at radius 2 is 0.736 bits per heavy atom. The van der Waals surface area contributed by atoms with E-state index in [2.05, 4.69) is 152 Å². The Labute approximate surface area is 428 Å². The molecule has 1 aliphatic carbocycles. The van der Waals surface area contributed by atoms with Gasteiger partial charge < -0.3 is 30.3 Å². The fourth-order valence-electron chi connectivity index (χ4n) is 9.15. The summed E-state index contributed by atoms with van der Waals surface area (Å²) in [5.41, 5.74) is 11.0. The molecule has 0 fully saturated rings. The molecule has 7 rings (SSSR count). The highest BCUT2D eigenvalue weighted by Gasteiger charge is 2.29. The molecule has 6 aromatic rings. The van der Waals surface area contributed by atoms with E-state index in [0.29, 0.717) is 85.4 Å². The van der Waals surface area contributed by atoms with Gasteiger partial charge in [0.05, 0.1) is 0 Å². The molecule has 0 saturated heterocycles. The van der Waals surface area contributed by atoms with Gasteiger partial charge in [-0.25, -0.2) is 0 Å². The zero-order valence-electron chi connectivity index (χ0n) is 44.7. The fraction of sp³-hybridized carbons (Fsp3) is 0.419. The number of carbonyl (C=O) groups is 2. The highest BCUT2D eigenvalue weighted by atomic mass is 16.5. The number of ether oxygens (including phenoxy) is 2. The quantitative estimate of drug-likeness (QED) is 0.0948. The maximum absolute atomic E-state index is 13.6. The maximum atomic E-state index is 13.6. The number of phenolic OH excluding ortho intramolecular Hbond substituents is 2. The Bertz CT molecular complexity index is 2600. The molecular formula is C62H76N4O6. The minimum absolute atomic E-state index is 0.162. The smallest absolute Gasteiger partial charge is 0.257 e. The van der Waals surface area contributed by atoms with E-state index in [4.69, 9.17) is 9.47 Å². The van der Waals surface area contributed by atoms with Crippen LogP contribution < -0.4 is 20.1 Å². The van der Waals surface area contributed by atoms with Crippen molar-refractivity contribution in [2.45, 2.75) is 143 Å². The van der Waals surface area contributed by atoms with Gasteiger partial charge in [-0.15, -0.1) is 0 Å². The van der Waals surface area contributed by atoms with E-state index in [1.807, 2.05) is 36.4 Å². The molecule has 0 radical (unpaired) electrons. The van der Waals surface area contributed by atoms with Crippen LogP contribution >= 0.6 is 0 Å². The van der Waals surface area contributed by atoms with Crippen molar-refractivity contribution in [1.82, 2.24) is 20.6 Å². The van der Waals surface area contributed by atoms with E-state index >= 15 is 0 Å². The van der Waals surface area contributed by atoms with E-state index in [9.17, 15) is 19.8 Å². The number of aromatic nitrogens is 2. The molecule has 0 aliphatic heterocycles. The maximum Gasteiger partial charge on any atom is 0.257 e. The first-order chi connectivity index (χ1) is 33.8. The lowest BCUT2D eigenvalue weighted by atomic mass is 9.79. The topological polar surface area (TPSA) is 143 Å². The summed E-state index contributed by atoms with van der Waals surface area (Å²) < 4.78 is 13.4. The molecule has 4 N–H and O–H groups in total. The van der Waals surface area contributed by atoms with Gasteiger partial charge in [-0.1, -0.05) is 144 Å². The third-order valence-corrected chi connectivity index (χ3v) is 13.6. The Kier molecular flexibility index (Phi) is 15.9. The zero-order chi connectivity index (χ0) is 52.2. The van der Waals surface area contributed by atoms with Crippen molar-refractivity contribution < 1.29 is 29.3 Å². The van der Waals surface area contributed by atoms with Gasteiger partial charge >= 0.3 is 0 Å². The average Bonchev–Trinajstić information content (AvgIpc) is 3.29. The first-order valence-electron chi connectivity index (χ1n) is 25.5. The number of pyridine rings is 2. The van der Waals surface area contributed by atoms with Crippen LogP contribution in [-0.4, -0.2) is 58.3 Å². The van der Waals surface area contributed by atoms with E-state index in [-0.39, 0.29) is 58.2 Å². The molecule has 380 valence electrons. The number of amides is 2. The normalized spacial score (nSPS) is 13.1. The van der Waals surface area contributed by atoms with Crippen LogP contribution in [0.4, 0.5) is 0 Å². The average molecular weight is 973 g/mol. The van der Waals surface area contributed by atoms with Crippen molar-refractivity contribution in [3.8, 4) is 23.0 Å². The second-order valence-electron chi connectivity index (χ2n) is 23.7. The van der Waals surface area contributed by atoms with E-state index in [1.54, 1.807) is 12.4 Å². The largest absolute Gasteiger partial charge is 0.507 e. The molecule has 2 amide bonds. The first kappa shape index (κ1) is 53.1. The SMILES string of the molecule is CC(C)(C)c1cc2c(O)c(c1)Cc1cc(C(C)(C)C)cc(c1OCC(=O)NCCc1ccccn1)Cc1cc(C(C)(C)C)cc(c1O)Cc1cc(C(C)(C)C)cc(c1OCC(=O)NCCc1ccccn1)C2. The number of nitrogens with one attached hydrogen (secondary N) is 2. The number of fused-ring (bicyclic) bond motifs is 8. The van der Waals surface area contributed by atoms with Crippen LogP contribution in [0.5, 0.6) is 23.0 Å². The molecule has 72 heavy (non-hydrogen) atoms. The summed E-state index contributed by atoms with van der Waals surface area (Å²) in [4.78, 5) is 36.0. The second kappa shape index (κ2) is 21.6. The lowest BCUT2D eigenvalue weighted by Crippen LogP contribution is -2.31. The van der Waals surface area contributed by atoms with Gasteiger partial charge in [0, 0.05) is 75.4 Å². The molecule has 0 unspecified atom stereocenters. The second-order valence-corrected chi connectivity index (χ2v) is 23.7. The van der Waals surface area contributed by atoms with Gasteiger partial charge in [0.25, 0.3) is 11.8 Å². The molecule has 0 atom stereocenters. The summed E-state index contributed by atoms with van der Waals surface area (Å²) in [6.07, 6.45) is 5.84. The molecule has 0 spiro atoms. The minimum atomic E-state index is -0.292. The Morgan fingerprint density at radius 3 is 0.986 bits per heavy atom. The highest BCUT2D eigenvalue weighted by Crippen LogP contribution is 2.44. The summed E-state index contributed by atoms with van der Waals surface area (Å²) >= 11 is 0. The number of benzene rings is 4. The summed E-state index contributed by atoms with van der Waals surface area (Å²) in [6.45, 7) is 26.4. The van der Waals surface area contributed by atoms with Gasteiger partial charge in [-0.2, -0.15) is 0 Å². The number of carbonyl (C=O) groups excluding carboxylic acids is 2. The molecule has 0 saturated carbocycles. The summed E-state index contributed by atoms with van der Waals surface area (Å²) in [5, 5.41) is 31.4.